The quantitative estimate of drug-likeness (QED) is 0.631. The summed E-state index contributed by atoms with van der Waals surface area (Å²) in [6, 6.07) is 14.9. The van der Waals surface area contributed by atoms with Crippen LogP contribution in [0.2, 0.25) is 0 Å². The molecular formula is C21H19BrN4O3. The summed E-state index contributed by atoms with van der Waals surface area (Å²) in [5, 5.41) is 7.45. The largest absolute Gasteiger partial charge is 0.447 e. The van der Waals surface area contributed by atoms with Gasteiger partial charge in [0.2, 0.25) is 0 Å². The van der Waals surface area contributed by atoms with E-state index >= 15 is 0 Å². The molecule has 3 aromatic rings. The Morgan fingerprint density at radius 3 is 2.59 bits per heavy atom. The van der Waals surface area contributed by atoms with Crippen LogP contribution in [0.25, 0.3) is 5.69 Å². The van der Waals surface area contributed by atoms with Crippen LogP contribution in [0.4, 0.5) is 16.2 Å². The molecule has 8 heteroatoms. The number of aromatic nitrogens is 2. The minimum absolute atomic E-state index is 0.246. The molecule has 1 N–H and O–H groups in total. The highest BCUT2D eigenvalue weighted by atomic mass is 79.9. The Bertz CT molecular complexity index is 1090. The second kappa shape index (κ2) is 7.71. The number of nitrogens with zero attached hydrogens (tertiary/aromatic N) is 3. The first-order chi connectivity index (χ1) is 13.9. The number of cyclic esters (lactones) is 1. The van der Waals surface area contributed by atoms with Crippen LogP contribution in [0.5, 0.6) is 0 Å². The first-order valence-electron chi connectivity index (χ1n) is 9.12. The summed E-state index contributed by atoms with van der Waals surface area (Å²) in [4.78, 5) is 26.3. The van der Waals surface area contributed by atoms with Crippen LogP contribution in [0.1, 0.15) is 21.7 Å². The van der Waals surface area contributed by atoms with Gasteiger partial charge in [-0.3, -0.25) is 9.69 Å². The second-order valence-electron chi connectivity index (χ2n) is 6.70. The van der Waals surface area contributed by atoms with Gasteiger partial charge >= 0.3 is 6.09 Å². The Morgan fingerprint density at radius 2 is 1.90 bits per heavy atom. The van der Waals surface area contributed by atoms with Crippen LogP contribution in [-0.2, 0) is 4.74 Å². The SMILES string of the molecule is Cc1nn(-c2ccc(Br)cc2)c(C)c1C(=O)Nc1cccc(N2CCOC2=O)c1. The fraction of sp³-hybridized carbons (Fsp3) is 0.190. The highest BCUT2D eigenvalue weighted by Crippen LogP contribution is 2.24. The van der Waals surface area contributed by atoms with Gasteiger partial charge in [-0.15, -0.1) is 0 Å². The van der Waals surface area contributed by atoms with Crippen molar-refractivity contribution >= 4 is 39.3 Å². The maximum Gasteiger partial charge on any atom is 0.414 e. The molecule has 0 saturated carbocycles. The number of rotatable bonds is 4. The van der Waals surface area contributed by atoms with E-state index in [2.05, 4.69) is 26.3 Å². The van der Waals surface area contributed by atoms with Gasteiger partial charge in [-0.25, -0.2) is 9.48 Å². The van der Waals surface area contributed by atoms with Gasteiger partial charge in [0.15, 0.2) is 0 Å². The summed E-state index contributed by atoms with van der Waals surface area (Å²) in [5.41, 5.74) is 4.08. The van der Waals surface area contributed by atoms with E-state index in [0.29, 0.717) is 35.8 Å². The zero-order valence-corrected chi connectivity index (χ0v) is 17.6. The molecule has 2 amide bonds. The molecule has 2 aromatic carbocycles. The predicted molar refractivity (Wildman–Crippen MR) is 114 cm³/mol. The van der Waals surface area contributed by atoms with Gasteiger partial charge in [0, 0.05) is 15.8 Å². The van der Waals surface area contributed by atoms with Gasteiger partial charge in [-0.05, 0) is 56.3 Å². The molecule has 29 heavy (non-hydrogen) atoms. The van der Waals surface area contributed by atoms with Crippen molar-refractivity contribution in [1.82, 2.24) is 9.78 Å². The second-order valence-corrected chi connectivity index (χ2v) is 7.62. The summed E-state index contributed by atoms with van der Waals surface area (Å²) >= 11 is 3.42. The van der Waals surface area contributed by atoms with Crippen molar-refractivity contribution in [2.75, 3.05) is 23.4 Å². The van der Waals surface area contributed by atoms with Gasteiger partial charge in [-0.1, -0.05) is 22.0 Å². The normalized spacial score (nSPS) is 13.5. The molecule has 2 heterocycles. The zero-order valence-electron chi connectivity index (χ0n) is 16.0. The number of ether oxygens (including phenoxy) is 1. The van der Waals surface area contributed by atoms with E-state index < -0.39 is 0 Å². The van der Waals surface area contributed by atoms with E-state index in [4.69, 9.17) is 4.74 Å². The highest BCUT2D eigenvalue weighted by molar-refractivity contribution is 9.10. The molecule has 0 unspecified atom stereocenters. The number of carbonyl (C=O) groups is 2. The Morgan fingerprint density at radius 1 is 1.14 bits per heavy atom. The zero-order chi connectivity index (χ0) is 20.5. The Labute approximate surface area is 176 Å². The minimum Gasteiger partial charge on any atom is -0.447 e. The molecule has 0 bridgehead atoms. The van der Waals surface area contributed by atoms with Crippen LogP contribution in [0.3, 0.4) is 0 Å². The molecular weight excluding hydrogens is 436 g/mol. The molecule has 1 fully saturated rings. The lowest BCUT2D eigenvalue weighted by Gasteiger charge is -2.14. The van der Waals surface area contributed by atoms with Gasteiger partial charge < -0.3 is 10.1 Å². The molecule has 1 aliphatic rings. The summed E-state index contributed by atoms with van der Waals surface area (Å²) in [6.07, 6.45) is -0.379. The standard InChI is InChI=1S/C21H19BrN4O3/c1-13-19(14(2)26(24-13)17-8-6-15(22)7-9-17)20(27)23-16-4-3-5-18(12-16)25-10-11-29-21(25)28/h3-9,12H,10-11H2,1-2H3,(H,23,27). The number of carbonyl (C=O) groups excluding carboxylic acids is 2. The van der Waals surface area contributed by atoms with Crippen LogP contribution in [0.15, 0.2) is 53.0 Å². The van der Waals surface area contributed by atoms with Crippen molar-refractivity contribution < 1.29 is 14.3 Å². The lowest BCUT2D eigenvalue weighted by atomic mass is 10.1. The van der Waals surface area contributed by atoms with E-state index in [1.807, 2.05) is 44.2 Å². The Hall–Kier alpha value is -3.13. The third-order valence-corrected chi connectivity index (χ3v) is 5.29. The number of hydrogen-bond acceptors (Lipinski definition) is 4. The van der Waals surface area contributed by atoms with Gasteiger partial charge in [0.25, 0.3) is 5.91 Å². The molecule has 0 spiro atoms. The number of benzene rings is 2. The topological polar surface area (TPSA) is 76.5 Å². The summed E-state index contributed by atoms with van der Waals surface area (Å²) in [7, 11) is 0. The highest BCUT2D eigenvalue weighted by Gasteiger charge is 2.24. The molecule has 4 rings (SSSR count). The summed E-state index contributed by atoms with van der Waals surface area (Å²) in [5.74, 6) is -0.246. The van der Waals surface area contributed by atoms with Crippen LogP contribution in [0, 0.1) is 13.8 Å². The maximum absolute atomic E-state index is 13.0. The molecule has 7 nitrogen and oxygen atoms in total. The van der Waals surface area contributed by atoms with E-state index in [1.165, 1.54) is 4.90 Å². The van der Waals surface area contributed by atoms with Gasteiger partial charge in [-0.2, -0.15) is 5.10 Å². The number of amides is 2. The fourth-order valence-electron chi connectivity index (χ4n) is 3.38. The Kier molecular flexibility index (Phi) is 5.10. The van der Waals surface area contributed by atoms with E-state index in [9.17, 15) is 9.59 Å². The number of anilines is 2. The third kappa shape index (κ3) is 3.75. The van der Waals surface area contributed by atoms with Crippen molar-refractivity contribution in [1.29, 1.82) is 0 Å². The lowest BCUT2D eigenvalue weighted by Crippen LogP contribution is -2.23. The molecule has 0 atom stereocenters. The van der Waals surface area contributed by atoms with Crippen molar-refractivity contribution in [2.24, 2.45) is 0 Å². The average molecular weight is 455 g/mol. The number of aryl methyl sites for hydroxylation is 1. The monoisotopic (exact) mass is 454 g/mol. The van der Waals surface area contributed by atoms with E-state index in [1.54, 1.807) is 22.9 Å². The third-order valence-electron chi connectivity index (χ3n) is 4.77. The number of nitrogens with one attached hydrogen (secondary N) is 1. The minimum atomic E-state index is -0.379. The van der Waals surface area contributed by atoms with Crippen molar-refractivity contribution in [3.05, 3.63) is 70.0 Å². The van der Waals surface area contributed by atoms with Gasteiger partial charge in [0.05, 0.1) is 29.2 Å². The first-order valence-corrected chi connectivity index (χ1v) is 9.91. The lowest BCUT2D eigenvalue weighted by molar-refractivity contribution is 0.102. The van der Waals surface area contributed by atoms with Crippen LogP contribution in [-0.4, -0.2) is 34.9 Å². The number of halogens is 1. The van der Waals surface area contributed by atoms with Crippen LogP contribution < -0.4 is 10.2 Å². The first kappa shape index (κ1) is 19.2. The van der Waals surface area contributed by atoms with E-state index in [-0.39, 0.29) is 12.0 Å². The van der Waals surface area contributed by atoms with E-state index in [0.717, 1.165) is 15.9 Å². The van der Waals surface area contributed by atoms with Gasteiger partial charge in [0.1, 0.15) is 6.61 Å². The maximum atomic E-state index is 13.0. The molecule has 1 aliphatic heterocycles. The van der Waals surface area contributed by atoms with Crippen molar-refractivity contribution in [2.45, 2.75) is 13.8 Å². The molecule has 148 valence electrons. The fourth-order valence-corrected chi connectivity index (χ4v) is 3.64. The molecule has 1 aromatic heterocycles. The average Bonchev–Trinajstić information content (AvgIpc) is 3.25. The smallest absolute Gasteiger partial charge is 0.414 e. The summed E-state index contributed by atoms with van der Waals surface area (Å²) in [6.45, 7) is 4.54. The predicted octanol–water partition coefficient (Wildman–Crippen LogP) is 4.46. The molecule has 1 saturated heterocycles. The molecule has 0 radical (unpaired) electrons. The number of hydrogen-bond donors (Lipinski definition) is 1. The van der Waals surface area contributed by atoms with Crippen molar-refractivity contribution in [3.8, 4) is 5.69 Å². The van der Waals surface area contributed by atoms with Crippen molar-refractivity contribution in [3.63, 3.8) is 0 Å². The Balaban J connectivity index is 1.59. The van der Waals surface area contributed by atoms with Crippen LogP contribution >= 0.6 is 15.9 Å². The molecule has 0 aliphatic carbocycles. The summed E-state index contributed by atoms with van der Waals surface area (Å²) < 4.78 is 7.71.